The molecule has 0 bridgehead atoms. The summed E-state index contributed by atoms with van der Waals surface area (Å²) in [5.74, 6) is -0.111. The summed E-state index contributed by atoms with van der Waals surface area (Å²) in [7, 11) is 1.58. The highest BCUT2D eigenvalue weighted by atomic mass is 79.9. The van der Waals surface area contributed by atoms with Crippen molar-refractivity contribution in [1.82, 2.24) is 5.32 Å². The Morgan fingerprint density at radius 1 is 1.32 bits per heavy atom. The van der Waals surface area contributed by atoms with Crippen LogP contribution in [0.5, 0.6) is 0 Å². The lowest BCUT2D eigenvalue weighted by Crippen LogP contribution is -2.29. The number of carbonyl (C=O) groups is 2. The van der Waals surface area contributed by atoms with Crippen molar-refractivity contribution in [1.29, 1.82) is 0 Å². The summed E-state index contributed by atoms with van der Waals surface area (Å²) in [6, 6.07) is 3.67. The molecular formula is C14H17BrN2O2. The molecule has 2 amide bonds. The maximum absolute atomic E-state index is 12.0. The van der Waals surface area contributed by atoms with Crippen LogP contribution in [0, 0.1) is 12.8 Å². The van der Waals surface area contributed by atoms with Crippen molar-refractivity contribution < 1.29 is 9.59 Å². The summed E-state index contributed by atoms with van der Waals surface area (Å²) < 4.78 is 0.735. The van der Waals surface area contributed by atoms with Crippen LogP contribution in [0.25, 0.3) is 0 Å². The van der Waals surface area contributed by atoms with Gasteiger partial charge >= 0.3 is 0 Å². The molecule has 1 fully saturated rings. The normalized spacial score (nSPS) is 14.7. The van der Waals surface area contributed by atoms with Gasteiger partial charge in [-0.3, -0.25) is 9.59 Å². The van der Waals surface area contributed by atoms with Crippen molar-refractivity contribution in [2.75, 3.05) is 12.4 Å². The number of hydrogen-bond donors (Lipinski definition) is 2. The van der Waals surface area contributed by atoms with Crippen molar-refractivity contribution >= 4 is 33.4 Å². The molecule has 4 nitrogen and oxygen atoms in total. The van der Waals surface area contributed by atoms with E-state index < -0.39 is 0 Å². The van der Waals surface area contributed by atoms with E-state index in [4.69, 9.17) is 0 Å². The molecule has 0 spiro atoms. The Bertz CT molecular complexity index is 524. The van der Waals surface area contributed by atoms with Gasteiger partial charge in [-0.05, 0) is 53.4 Å². The second kappa shape index (κ2) is 5.74. The molecule has 0 unspecified atom stereocenters. The summed E-state index contributed by atoms with van der Waals surface area (Å²) in [5, 5.41) is 5.47. The molecule has 2 rings (SSSR count). The Morgan fingerprint density at radius 2 is 2.00 bits per heavy atom. The minimum Gasteiger partial charge on any atom is -0.355 e. The molecule has 0 radical (unpaired) electrons. The fraction of sp³-hybridized carbons (Fsp3) is 0.429. The van der Waals surface area contributed by atoms with Gasteiger partial charge < -0.3 is 10.6 Å². The molecule has 1 aromatic rings. The standard InChI is InChI=1S/C14H17BrN2O2/c1-8-6-10(14(19)16-2)12(11(15)7-8)17-13(18)9-4-3-5-9/h6-7,9H,3-5H2,1-2H3,(H,16,19)(H,17,18). The van der Waals surface area contributed by atoms with Crippen LogP contribution >= 0.6 is 15.9 Å². The summed E-state index contributed by atoms with van der Waals surface area (Å²) in [6.45, 7) is 1.91. The van der Waals surface area contributed by atoms with Crippen LogP contribution < -0.4 is 10.6 Å². The maximum Gasteiger partial charge on any atom is 0.253 e. The number of amides is 2. The smallest absolute Gasteiger partial charge is 0.253 e. The van der Waals surface area contributed by atoms with Crippen molar-refractivity contribution in [2.45, 2.75) is 26.2 Å². The second-order valence-corrected chi connectivity index (χ2v) is 5.72. The van der Waals surface area contributed by atoms with Gasteiger partial charge in [-0.2, -0.15) is 0 Å². The quantitative estimate of drug-likeness (QED) is 0.898. The highest BCUT2D eigenvalue weighted by Gasteiger charge is 2.27. The first-order chi connectivity index (χ1) is 9.02. The number of rotatable bonds is 3. The van der Waals surface area contributed by atoms with Gasteiger partial charge in [0.1, 0.15) is 0 Å². The fourth-order valence-corrected chi connectivity index (χ4v) is 2.75. The first-order valence-electron chi connectivity index (χ1n) is 6.36. The van der Waals surface area contributed by atoms with Crippen LogP contribution in [0.1, 0.15) is 35.2 Å². The summed E-state index contributed by atoms with van der Waals surface area (Å²) in [4.78, 5) is 23.9. The Hall–Kier alpha value is -1.36. The lowest BCUT2D eigenvalue weighted by molar-refractivity contribution is -0.122. The van der Waals surface area contributed by atoms with Gasteiger partial charge in [-0.15, -0.1) is 0 Å². The van der Waals surface area contributed by atoms with Crippen LogP contribution in [0.2, 0.25) is 0 Å². The summed E-state index contributed by atoms with van der Waals surface area (Å²) in [5.41, 5.74) is 2.01. The zero-order chi connectivity index (χ0) is 14.0. The highest BCUT2D eigenvalue weighted by Crippen LogP contribution is 2.32. The zero-order valence-corrected chi connectivity index (χ0v) is 12.6. The number of benzene rings is 1. The van der Waals surface area contributed by atoms with Gasteiger partial charge in [0.15, 0.2) is 0 Å². The SMILES string of the molecule is CNC(=O)c1cc(C)cc(Br)c1NC(=O)C1CCC1. The first kappa shape index (κ1) is 14.1. The lowest BCUT2D eigenvalue weighted by Gasteiger charge is -2.25. The van der Waals surface area contributed by atoms with Gasteiger partial charge in [-0.1, -0.05) is 6.42 Å². The van der Waals surface area contributed by atoms with Crippen molar-refractivity contribution in [2.24, 2.45) is 5.92 Å². The molecule has 19 heavy (non-hydrogen) atoms. The molecule has 1 aliphatic carbocycles. The van der Waals surface area contributed by atoms with Gasteiger partial charge in [0, 0.05) is 17.4 Å². The molecule has 1 aromatic carbocycles. The predicted octanol–water partition coefficient (Wildman–Crippen LogP) is 2.86. The van der Waals surface area contributed by atoms with E-state index >= 15 is 0 Å². The van der Waals surface area contributed by atoms with Crippen LogP contribution in [-0.4, -0.2) is 18.9 Å². The maximum atomic E-state index is 12.0. The minimum absolute atomic E-state index is 0.000885. The molecule has 0 aliphatic heterocycles. The second-order valence-electron chi connectivity index (χ2n) is 4.87. The van der Waals surface area contributed by atoms with Crippen LogP contribution in [0.4, 0.5) is 5.69 Å². The van der Waals surface area contributed by atoms with Gasteiger partial charge in [0.05, 0.1) is 11.3 Å². The average Bonchev–Trinajstić information content (AvgIpc) is 2.29. The van der Waals surface area contributed by atoms with Gasteiger partial charge in [-0.25, -0.2) is 0 Å². The number of anilines is 1. The Kier molecular flexibility index (Phi) is 4.24. The van der Waals surface area contributed by atoms with Crippen LogP contribution in [0.15, 0.2) is 16.6 Å². The molecule has 5 heteroatoms. The van der Waals surface area contributed by atoms with E-state index in [1.807, 2.05) is 13.0 Å². The van der Waals surface area contributed by atoms with E-state index in [0.717, 1.165) is 29.3 Å². The molecule has 2 N–H and O–H groups in total. The molecule has 1 saturated carbocycles. The average molecular weight is 325 g/mol. The van der Waals surface area contributed by atoms with E-state index in [-0.39, 0.29) is 17.7 Å². The van der Waals surface area contributed by atoms with Crippen molar-refractivity contribution in [3.63, 3.8) is 0 Å². The topological polar surface area (TPSA) is 58.2 Å². The third-order valence-corrected chi connectivity index (χ3v) is 4.06. The molecule has 0 atom stereocenters. The number of halogens is 1. The van der Waals surface area contributed by atoms with E-state index in [1.165, 1.54) is 0 Å². The van der Waals surface area contributed by atoms with Crippen molar-refractivity contribution in [3.05, 3.63) is 27.7 Å². The van der Waals surface area contributed by atoms with Crippen LogP contribution in [-0.2, 0) is 4.79 Å². The van der Waals surface area contributed by atoms with E-state index in [0.29, 0.717) is 11.3 Å². The Labute approximate surface area is 121 Å². The van der Waals surface area contributed by atoms with Gasteiger partial charge in [0.2, 0.25) is 5.91 Å². The predicted molar refractivity (Wildman–Crippen MR) is 78.2 cm³/mol. The van der Waals surface area contributed by atoms with Crippen molar-refractivity contribution in [3.8, 4) is 0 Å². The number of nitrogens with one attached hydrogen (secondary N) is 2. The van der Waals surface area contributed by atoms with E-state index in [1.54, 1.807) is 13.1 Å². The first-order valence-corrected chi connectivity index (χ1v) is 7.15. The minimum atomic E-state index is -0.201. The van der Waals surface area contributed by atoms with Gasteiger partial charge in [0.25, 0.3) is 5.91 Å². The lowest BCUT2D eigenvalue weighted by atomic mass is 9.84. The Morgan fingerprint density at radius 3 is 2.53 bits per heavy atom. The largest absolute Gasteiger partial charge is 0.355 e. The zero-order valence-electron chi connectivity index (χ0n) is 11.0. The number of aryl methyl sites for hydroxylation is 1. The third-order valence-electron chi connectivity index (χ3n) is 3.43. The molecule has 0 saturated heterocycles. The molecule has 0 aromatic heterocycles. The highest BCUT2D eigenvalue weighted by molar-refractivity contribution is 9.10. The Balaban J connectivity index is 2.31. The van der Waals surface area contributed by atoms with E-state index in [2.05, 4.69) is 26.6 Å². The molecule has 1 aliphatic rings. The summed E-state index contributed by atoms with van der Waals surface area (Å²) >= 11 is 3.42. The fourth-order valence-electron chi connectivity index (χ4n) is 2.08. The summed E-state index contributed by atoms with van der Waals surface area (Å²) in [6.07, 6.45) is 2.98. The van der Waals surface area contributed by atoms with E-state index in [9.17, 15) is 9.59 Å². The molecular weight excluding hydrogens is 308 g/mol. The number of carbonyl (C=O) groups excluding carboxylic acids is 2. The number of hydrogen-bond acceptors (Lipinski definition) is 2. The third kappa shape index (κ3) is 2.97. The van der Waals surface area contributed by atoms with Crippen LogP contribution in [0.3, 0.4) is 0 Å². The molecule has 102 valence electrons. The molecule has 0 heterocycles. The monoisotopic (exact) mass is 324 g/mol.